The summed E-state index contributed by atoms with van der Waals surface area (Å²) in [6.07, 6.45) is 3.14. The summed E-state index contributed by atoms with van der Waals surface area (Å²) < 4.78 is 0. The minimum Gasteiger partial charge on any atom is -0.347 e. The number of amides is 1. The summed E-state index contributed by atoms with van der Waals surface area (Å²) in [6.45, 7) is 6.64. The largest absolute Gasteiger partial charge is 0.347 e. The van der Waals surface area contributed by atoms with Gasteiger partial charge in [0.25, 0.3) is 0 Å². The fourth-order valence-corrected chi connectivity index (χ4v) is 1.17. The van der Waals surface area contributed by atoms with E-state index in [0.29, 0.717) is 25.1 Å². The van der Waals surface area contributed by atoms with E-state index >= 15 is 0 Å². The Hall–Kier alpha value is -0.265. The molecule has 1 atom stereocenters. The summed E-state index contributed by atoms with van der Waals surface area (Å²) in [4.78, 5) is 10.9. The summed E-state index contributed by atoms with van der Waals surface area (Å²) in [6, 6.07) is 0. The van der Waals surface area contributed by atoms with Crippen LogP contribution in [0.25, 0.3) is 0 Å². The minimum absolute atomic E-state index is 0.0143. The first kappa shape index (κ1) is 20.1. The molecule has 1 amide bonds. The van der Waals surface area contributed by atoms with Crippen molar-refractivity contribution in [1.82, 2.24) is 5.32 Å². The summed E-state index contributed by atoms with van der Waals surface area (Å²) in [5, 5.41) is 2.32. The lowest BCUT2D eigenvalue weighted by Gasteiger charge is -2.02. The predicted octanol–water partition coefficient (Wildman–Crippen LogP) is 2.95. The van der Waals surface area contributed by atoms with Crippen molar-refractivity contribution >= 4 is 38.0 Å². The van der Waals surface area contributed by atoms with E-state index in [1.165, 1.54) is 6.42 Å². The summed E-state index contributed by atoms with van der Waals surface area (Å²) in [5.41, 5.74) is 0. The van der Waals surface area contributed by atoms with Gasteiger partial charge in [-0.15, -0.1) is 11.6 Å². The highest BCUT2D eigenvalue weighted by atomic mass is 35.5. The van der Waals surface area contributed by atoms with Gasteiger partial charge in [-0.2, -0.15) is 18.4 Å². The molecule has 0 rings (SSSR count). The molecule has 0 spiro atoms. The first-order valence-electron chi connectivity index (χ1n) is 6.20. The van der Waals surface area contributed by atoms with Crippen molar-refractivity contribution < 1.29 is 4.79 Å². The zero-order valence-electron chi connectivity index (χ0n) is 11.5. The van der Waals surface area contributed by atoms with Crippen molar-refractivity contribution in [3.8, 4) is 11.7 Å². The molecular weight excluding hydrogens is 264 g/mol. The number of hydrogen-bond acceptors (Lipinski definition) is 2. The number of nitrogens with one attached hydrogen (secondary N) is 1. The van der Waals surface area contributed by atoms with Crippen molar-refractivity contribution in [2.45, 2.75) is 51.8 Å². The Bertz CT molecular complexity index is 263. The number of carbonyl (C=O) groups excluding carboxylic acids is 1. The van der Waals surface area contributed by atoms with Gasteiger partial charge in [0.1, 0.15) is 0 Å². The van der Waals surface area contributed by atoms with Crippen LogP contribution >= 0.6 is 24.2 Å². The van der Waals surface area contributed by atoms with E-state index in [-0.39, 0.29) is 11.3 Å². The van der Waals surface area contributed by atoms with Crippen LogP contribution in [0.3, 0.4) is 0 Å². The van der Waals surface area contributed by atoms with Gasteiger partial charge >= 0.3 is 0 Å². The molecule has 0 aromatic rings. The standard InChI is InChI=1S/C8H11BClNOS.C5H12/c9-5-4-7(10)2-1-3-8(12)11-6-13;1-4-5(2)3/h7,13H,1-3,6H2,(H,11,12);5H,4H2,1-3H3. The topological polar surface area (TPSA) is 29.1 Å². The number of thiol groups is 1. The first-order chi connectivity index (χ1) is 8.47. The lowest BCUT2D eigenvalue weighted by molar-refractivity contribution is -0.120. The van der Waals surface area contributed by atoms with Crippen molar-refractivity contribution in [3.63, 3.8) is 0 Å². The van der Waals surface area contributed by atoms with Crippen LogP contribution in [0.1, 0.15) is 46.5 Å². The number of halogens is 1. The van der Waals surface area contributed by atoms with Crippen LogP contribution < -0.4 is 5.32 Å². The molecule has 18 heavy (non-hydrogen) atoms. The third-order valence-corrected chi connectivity index (χ3v) is 2.68. The number of rotatable bonds is 6. The maximum atomic E-state index is 10.9. The van der Waals surface area contributed by atoms with Crippen molar-refractivity contribution in [2.24, 2.45) is 5.92 Å². The zero-order valence-corrected chi connectivity index (χ0v) is 13.2. The molecular formula is C13H23BClNOS. The van der Waals surface area contributed by atoms with E-state index in [4.69, 9.17) is 19.4 Å². The van der Waals surface area contributed by atoms with Crippen LogP contribution in [-0.2, 0) is 4.79 Å². The van der Waals surface area contributed by atoms with Gasteiger partial charge in [-0.3, -0.25) is 4.79 Å². The Morgan fingerprint density at radius 3 is 2.44 bits per heavy atom. The van der Waals surface area contributed by atoms with E-state index < -0.39 is 0 Å². The van der Waals surface area contributed by atoms with E-state index in [2.05, 4.69) is 50.5 Å². The average Bonchev–Trinajstić information content (AvgIpc) is 2.30. The Morgan fingerprint density at radius 2 is 2.06 bits per heavy atom. The van der Waals surface area contributed by atoms with E-state index in [0.717, 1.165) is 5.92 Å². The SMILES string of the molecule is CCC(C)C.[B]C#CC(Cl)CCCC(=O)NCS. The minimum atomic E-state index is -0.256. The third kappa shape index (κ3) is 18.1. The molecule has 5 heteroatoms. The van der Waals surface area contributed by atoms with Crippen molar-refractivity contribution in [3.05, 3.63) is 0 Å². The number of carbonyl (C=O) groups is 1. The van der Waals surface area contributed by atoms with Gasteiger partial charge in [-0.05, 0) is 18.8 Å². The molecule has 1 unspecified atom stereocenters. The van der Waals surface area contributed by atoms with Crippen LogP contribution in [0.5, 0.6) is 0 Å². The molecule has 2 nitrogen and oxygen atoms in total. The van der Waals surface area contributed by atoms with Gasteiger partial charge in [0.05, 0.1) is 11.3 Å². The molecule has 0 saturated heterocycles. The van der Waals surface area contributed by atoms with Gasteiger partial charge in [-0.1, -0.05) is 33.1 Å². The molecule has 0 aliphatic carbocycles. The van der Waals surface area contributed by atoms with Crippen LogP contribution in [-0.4, -0.2) is 25.0 Å². The second-order valence-corrected chi connectivity index (χ2v) is 5.05. The fraction of sp³-hybridized carbons (Fsp3) is 0.769. The van der Waals surface area contributed by atoms with Gasteiger partial charge in [0.2, 0.25) is 5.91 Å². The second-order valence-electron chi connectivity index (χ2n) is 4.21. The normalized spacial score (nSPS) is 10.8. The van der Waals surface area contributed by atoms with Gasteiger partial charge in [0, 0.05) is 6.42 Å². The molecule has 0 aliphatic heterocycles. The summed E-state index contributed by atoms with van der Waals surface area (Å²) >= 11 is 9.60. The highest BCUT2D eigenvalue weighted by Crippen LogP contribution is 2.06. The van der Waals surface area contributed by atoms with Crippen LogP contribution in [0.4, 0.5) is 0 Å². The molecule has 0 fully saturated rings. The molecule has 0 saturated carbocycles. The lowest BCUT2D eigenvalue weighted by atomic mass is 10.1. The predicted molar refractivity (Wildman–Crippen MR) is 84.1 cm³/mol. The third-order valence-electron chi connectivity index (χ3n) is 2.19. The smallest absolute Gasteiger partial charge is 0.220 e. The summed E-state index contributed by atoms with van der Waals surface area (Å²) in [5.74, 6) is 6.07. The van der Waals surface area contributed by atoms with Gasteiger partial charge < -0.3 is 5.32 Å². The Labute approximate surface area is 123 Å². The number of hydrogen-bond donors (Lipinski definition) is 2. The number of alkyl halides is 1. The molecule has 2 radical (unpaired) electrons. The lowest BCUT2D eigenvalue weighted by Crippen LogP contribution is -2.21. The molecule has 0 heterocycles. The zero-order chi connectivity index (χ0) is 14.4. The van der Waals surface area contributed by atoms with Crippen molar-refractivity contribution in [2.75, 3.05) is 5.88 Å². The van der Waals surface area contributed by atoms with E-state index in [1.807, 2.05) is 0 Å². The van der Waals surface area contributed by atoms with Crippen LogP contribution in [0.15, 0.2) is 0 Å². The van der Waals surface area contributed by atoms with E-state index in [1.54, 1.807) is 0 Å². The highest BCUT2D eigenvalue weighted by Gasteiger charge is 2.02. The summed E-state index contributed by atoms with van der Waals surface area (Å²) in [7, 11) is 4.97. The molecule has 0 bridgehead atoms. The second kappa shape index (κ2) is 14.8. The van der Waals surface area contributed by atoms with Gasteiger partial charge in [0.15, 0.2) is 7.85 Å². The molecule has 0 aromatic carbocycles. The van der Waals surface area contributed by atoms with Crippen LogP contribution in [0, 0.1) is 17.7 Å². The first-order valence-corrected chi connectivity index (χ1v) is 7.27. The fourth-order valence-electron chi connectivity index (χ4n) is 0.781. The monoisotopic (exact) mass is 287 g/mol. The molecule has 0 aromatic heterocycles. The average molecular weight is 288 g/mol. The Kier molecular flexibility index (Phi) is 16.5. The Morgan fingerprint density at radius 1 is 1.50 bits per heavy atom. The maximum absolute atomic E-state index is 10.9. The van der Waals surface area contributed by atoms with Gasteiger partial charge in [-0.25, -0.2) is 0 Å². The Balaban J connectivity index is 0. The quantitative estimate of drug-likeness (QED) is 0.254. The maximum Gasteiger partial charge on any atom is 0.220 e. The highest BCUT2D eigenvalue weighted by molar-refractivity contribution is 7.80. The molecule has 1 N–H and O–H groups in total. The molecule has 102 valence electrons. The molecule has 0 aliphatic rings. The van der Waals surface area contributed by atoms with Crippen molar-refractivity contribution in [1.29, 1.82) is 0 Å². The van der Waals surface area contributed by atoms with E-state index in [9.17, 15) is 4.79 Å². The van der Waals surface area contributed by atoms with Crippen LogP contribution in [0.2, 0.25) is 0 Å².